The Morgan fingerprint density at radius 3 is 2.55 bits per heavy atom. The first-order chi connectivity index (χ1) is 9.65. The van der Waals surface area contributed by atoms with Gasteiger partial charge in [0.05, 0.1) is 28.4 Å². The summed E-state index contributed by atoms with van der Waals surface area (Å²) in [5, 5.41) is 14.0. The second-order valence-electron chi connectivity index (χ2n) is 4.77. The number of aliphatic hydroxyl groups is 1. The fourth-order valence-corrected chi connectivity index (χ4v) is 2.33. The quantitative estimate of drug-likeness (QED) is 0.629. The van der Waals surface area contributed by atoms with Crippen LogP contribution in [0.4, 0.5) is 5.69 Å². The molecular weight excluding hydrogens is 297 g/mol. The largest absolute Gasteiger partial charge is 0.389 e. The predicted molar refractivity (Wildman–Crippen MR) is 85.9 cm³/mol. The van der Waals surface area contributed by atoms with Crippen LogP contribution in [0.25, 0.3) is 0 Å². The molecule has 0 saturated carbocycles. The summed E-state index contributed by atoms with van der Waals surface area (Å²) in [6.07, 6.45) is 4.10. The molecule has 0 aliphatic heterocycles. The van der Waals surface area contributed by atoms with E-state index in [0.29, 0.717) is 35.5 Å². The number of para-hydroxylation sites is 1. The first-order valence-electron chi connectivity index (χ1n) is 7.08. The van der Waals surface area contributed by atoms with Crippen molar-refractivity contribution in [3.8, 4) is 0 Å². The van der Waals surface area contributed by atoms with Crippen molar-refractivity contribution in [3.05, 3.63) is 28.2 Å². The molecule has 1 unspecified atom stereocenters. The number of aliphatic hydroxyl groups excluding tert-OH is 1. The van der Waals surface area contributed by atoms with Crippen LogP contribution in [0.5, 0.6) is 0 Å². The van der Waals surface area contributed by atoms with Gasteiger partial charge in [0.1, 0.15) is 0 Å². The summed E-state index contributed by atoms with van der Waals surface area (Å²) < 4.78 is 5.43. The van der Waals surface area contributed by atoms with Crippen LogP contribution >= 0.6 is 23.2 Å². The maximum Gasteiger partial charge on any atom is 0.0945 e. The summed E-state index contributed by atoms with van der Waals surface area (Å²) >= 11 is 12.1. The molecule has 0 saturated heterocycles. The smallest absolute Gasteiger partial charge is 0.0945 e. The van der Waals surface area contributed by atoms with Gasteiger partial charge in [0.15, 0.2) is 0 Å². The number of anilines is 1. The van der Waals surface area contributed by atoms with Crippen molar-refractivity contribution in [3.63, 3.8) is 0 Å². The third-order valence-electron chi connectivity index (χ3n) is 2.93. The van der Waals surface area contributed by atoms with Crippen molar-refractivity contribution >= 4 is 28.9 Å². The zero-order chi connectivity index (χ0) is 14.8. The minimum atomic E-state index is -0.575. The molecule has 0 bridgehead atoms. The number of halogens is 2. The van der Waals surface area contributed by atoms with E-state index in [1.54, 1.807) is 18.2 Å². The monoisotopic (exact) mass is 319 g/mol. The van der Waals surface area contributed by atoms with Crippen LogP contribution in [0.3, 0.4) is 0 Å². The van der Waals surface area contributed by atoms with E-state index in [4.69, 9.17) is 27.9 Å². The van der Waals surface area contributed by atoms with Gasteiger partial charge in [-0.3, -0.25) is 0 Å². The zero-order valence-corrected chi connectivity index (χ0v) is 13.4. The maximum absolute atomic E-state index is 9.82. The lowest BCUT2D eigenvalue weighted by atomic mass is 10.2. The van der Waals surface area contributed by atoms with E-state index < -0.39 is 6.10 Å². The Morgan fingerprint density at radius 2 is 1.90 bits per heavy atom. The Hall–Kier alpha value is -0.480. The van der Waals surface area contributed by atoms with Crippen molar-refractivity contribution in [1.82, 2.24) is 0 Å². The highest BCUT2D eigenvalue weighted by Crippen LogP contribution is 2.29. The van der Waals surface area contributed by atoms with Gasteiger partial charge in [0, 0.05) is 13.2 Å². The normalized spacial score (nSPS) is 12.4. The van der Waals surface area contributed by atoms with Gasteiger partial charge in [-0.05, 0) is 18.6 Å². The van der Waals surface area contributed by atoms with Gasteiger partial charge in [-0.2, -0.15) is 0 Å². The number of rotatable bonds is 10. The molecule has 114 valence electrons. The molecule has 0 aliphatic rings. The molecule has 0 radical (unpaired) electrons. The Morgan fingerprint density at radius 1 is 1.20 bits per heavy atom. The second-order valence-corrected chi connectivity index (χ2v) is 5.58. The lowest BCUT2D eigenvalue weighted by molar-refractivity contribution is 0.0417. The van der Waals surface area contributed by atoms with Crippen molar-refractivity contribution < 1.29 is 9.84 Å². The molecule has 0 aromatic heterocycles. The summed E-state index contributed by atoms with van der Waals surface area (Å²) in [5.74, 6) is 0. The van der Waals surface area contributed by atoms with Crippen molar-refractivity contribution in [2.24, 2.45) is 0 Å². The number of nitrogens with one attached hydrogen (secondary N) is 1. The van der Waals surface area contributed by atoms with Gasteiger partial charge in [-0.15, -0.1) is 0 Å². The van der Waals surface area contributed by atoms with Crippen LogP contribution in [-0.4, -0.2) is 31.0 Å². The van der Waals surface area contributed by atoms with Gasteiger partial charge in [-0.1, -0.05) is 55.5 Å². The number of benzene rings is 1. The summed E-state index contributed by atoms with van der Waals surface area (Å²) in [4.78, 5) is 0. The van der Waals surface area contributed by atoms with E-state index >= 15 is 0 Å². The van der Waals surface area contributed by atoms with E-state index in [-0.39, 0.29) is 0 Å². The molecule has 1 aromatic rings. The zero-order valence-electron chi connectivity index (χ0n) is 11.9. The molecule has 3 nitrogen and oxygen atoms in total. The Balaban J connectivity index is 2.18. The minimum absolute atomic E-state index is 0.321. The van der Waals surface area contributed by atoms with Gasteiger partial charge < -0.3 is 15.2 Å². The highest BCUT2D eigenvalue weighted by molar-refractivity contribution is 6.39. The van der Waals surface area contributed by atoms with Crippen LogP contribution < -0.4 is 5.32 Å². The third kappa shape index (κ3) is 6.80. The number of unbranched alkanes of at least 4 members (excludes halogenated alkanes) is 3. The van der Waals surface area contributed by atoms with Gasteiger partial charge in [-0.25, -0.2) is 0 Å². The van der Waals surface area contributed by atoms with E-state index in [0.717, 1.165) is 6.42 Å². The Kier molecular flexibility index (Phi) is 9.03. The van der Waals surface area contributed by atoms with Crippen molar-refractivity contribution in [2.75, 3.05) is 25.1 Å². The molecule has 0 heterocycles. The SMILES string of the molecule is CCCCCCOCC(O)CNc1c(Cl)cccc1Cl. The molecule has 0 fully saturated rings. The maximum atomic E-state index is 9.82. The van der Waals surface area contributed by atoms with Gasteiger partial charge in [0.2, 0.25) is 0 Å². The number of hydrogen-bond donors (Lipinski definition) is 2. The van der Waals surface area contributed by atoms with Gasteiger partial charge >= 0.3 is 0 Å². The molecule has 5 heteroatoms. The van der Waals surface area contributed by atoms with E-state index in [2.05, 4.69) is 12.2 Å². The van der Waals surface area contributed by atoms with E-state index in [1.807, 2.05) is 0 Å². The molecule has 1 aromatic carbocycles. The Bertz CT molecular complexity index is 368. The van der Waals surface area contributed by atoms with E-state index in [9.17, 15) is 5.11 Å². The van der Waals surface area contributed by atoms with Crippen LogP contribution in [0.2, 0.25) is 10.0 Å². The first kappa shape index (κ1) is 17.6. The summed E-state index contributed by atoms with van der Waals surface area (Å²) in [6, 6.07) is 5.30. The Labute approximate surface area is 131 Å². The van der Waals surface area contributed by atoms with Crippen LogP contribution in [-0.2, 0) is 4.74 Å². The first-order valence-corrected chi connectivity index (χ1v) is 7.84. The lowest BCUT2D eigenvalue weighted by Crippen LogP contribution is -2.25. The predicted octanol–water partition coefficient (Wildman–Crippen LogP) is 4.36. The molecular formula is C15H23Cl2NO2. The van der Waals surface area contributed by atoms with Crippen molar-refractivity contribution in [1.29, 1.82) is 0 Å². The molecule has 0 spiro atoms. The average Bonchev–Trinajstić information content (AvgIpc) is 2.42. The molecule has 1 rings (SSSR count). The summed E-state index contributed by atoms with van der Waals surface area (Å²) in [7, 11) is 0. The molecule has 0 aliphatic carbocycles. The van der Waals surface area contributed by atoms with Crippen LogP contribution in [0.1, 0.15) is 32.6 Å². The van der Waals surface area contributed by atoms with E-state index in [1.165, 1.54) is 19.3 Å². The molecule has 2 N–H and O–H groups in total. The highest BCUT2D eigenvalue weighted by atomic mass is 35.5. The standard InChI is InChI=1S/C15H23Cl2NO2/c1-2-3-4-5-9-20-11-12(19)10-18-15-13(16)7-6-8-14(15)17/h6-8,12,18-19H,2-5,9-11H2,1H3. The van der Waals surface area contributed by atoms with Gasteiger partial charge in [0.25, 0.3) is 0 Å². The average molecular weight is 320 g/mol. The summed E-state index contributed by atoms with van der Waals surface area (Å²) in [6.45, 7) is 3.56. The number of ether oxygens (including phenoxy) is 1. The topological polar surface area (TPSA) is 41.5 Å². The van der Waals surface area contributed by atoms with Crippen LogP contribution in [0, 0.1) is 0 Å². The molecule has 0 amide bonds. The van der Waals surface area contributed by atoms with Crippen molar-refractivity contribution in [2.45, 2.75) is 38.7 Å². The third-order valence-corrected chi connectivity index (χ3v) is 3.56. The molecule has 20 heavy (non-hydrogen) atoms. The fourth-order valence-electron chi connectivity index (χ4n) is 1.80. The van der Waals surface area contributed by atoms with Crippen LogP contribution in [0.15, 0.2) is 18.2 Å². The molecule has 1 atom stereocenters. The fraction of sp³-hybridized carbons (Fsp3) is 0.600. The summed E-state index contributed by atoms with van der Waals surface area (Å²) in [5.41, 5.74) is 0.651. The number of hydrogen-bond acceptors (Lipinski definition) is 3. The highest BCUT2D eigenvalue weighted by Gasteiger charge is 2.08. The second kappa shape index (κ2) is 10.3. The lowest BCUT2D eigenvalue weighted by Gasteiger charge is -2.15. The minimum Gasteiger partial charge on any atom is -0.389 e.